The van der Waals surface area contributed by atoms with Gasteiger partial charge in [-0.05, 0) is 47.7 Å². The van der Waals surface area contributed by atoms with Gasteiger partial charge in [-0.2, -0.15) is 0 Å². The molecule has 0 spiro atoms. The fourth-order valence-electron chi connectivity index (χ4n) is 5.44. The zero-order valence-electron chi connectivity index (χ0n) is 20.3. The molecule has 3 aliphatic heterocycles. The van der Waals surface area contributed by atoms with Crippen molar-refractivity contribution in [2.45, 2.75) is 39.7 Å². The summed E-state index contributed by atoms with van der Waals surface area (Å²) in [6.45, 7) is 8.05. The number of aromatic nitrogens is 1. The predicted octanol–water partition coefficient (Wildman–Crippen LogP) is 4.66. The molecule has 7 nitrogen and oxygen atoms in total. The Morgan fingerprint density at radius 3 is 2.71 bits per heavy atom. The third-order valence-corrected chi connectivity index (χ3v) is 7.16. The van der Waals surface area contributed by atoms with E-state index < -0.39 is 0 Å². The Morgan fingerprint density at radius 2 is 1.94 bits per heavy atom. The molecule has 0 aliphatic carbocycles. The lowest BCUT2D eigenvalue weighted by atomic mass is 9.84. The van der Waals surface area contributed by atoms with Crippen molar-refractivity contribution in [3.05, 3.63) is 65.0 Å². The summed E-state index contributed by atoms with van der Waals surface area (Å²) in [6.07, 6.45) is 3.25. The Bertz CT molecular complexity index is 1400. The van der Waals surface area contributed by atoms with Gasteiger partial charge in [0, 0.05) is 42.4 Å². The van der Waals surface area contributed by atoms with Gasteiger partial charge in [0.15, 0.2) is 11.5 Å². The lowest BCUT2D eigenvalue weighted by Crippen LogP contribution is -2.33. The van der Waals surface area contributed by atoms with Crippen molar-refractivity contribution in [2.75, 3.05) is 25.1 Å². The molecule has 0 unspecified atom stereocenters. The number of fused-ring (bicyclic) bond motifs is 1. The van der Waals surface area contributed by atoms with Crippen molar-refractivity contribution in [1.82, 2.24) is 9.47 Å². The zero-order valence-corrected chi connectivity index (χ0v) is 20.3. The van der Waals surface area contributed by atoms with Gasteiger partial charge in [0.2, 0.25) is 5.91 Å². The van der Waals surface area contributed by atoms with Crippen molar-refractivity contribution in [1.29, 1.82) is 0 Å². The van der Waals surface area contributed by atoms with Crippen LogP contribution >= 0.6 is 0 Å². The van der Waals surface area contributed by atoms with Crippen LogP contribution in [0.5, 0.6) is 11.5 Å². The van der Waals surface area contributed by atoms with Crippen LogP contribution in [0.1, 0.15) is 44.2 Å². The van der Waals surface area contributed by atoms with Crippen LogP contribution in [0.2, 0.25) is 0 Å². The van der Waals surface area contributed by atoms with Crippen molar-refractivity contribution in [3.8, 4) is 11.5 Å². The van der Waals surface area contributed by atoms with E-state index in [4.69, 9.17) is 9.47 Å². The van der Waals surface area contributed by atoms with E-state index in [1.54, 1.807) is 0 Å². The standard InChI is InChI=1S/C28H29N3O4/c1-16(2)9-10-30-14-19-25(18-7-8-23-24(13-18)35-12-11-34-23)27-21(15-31(17(3)32)28(27)33)29-20-5-4-6-22(30)26(19)20/h4-8,13-14,16,25,29H,9-12,15H2,1-3H3/t25-/m1/s1. The second kappa shape index (κ2) is 8.18. The summed E-state index contributed by atoms with van der Waals surface area (Å²) in [5.74, 6) is 1.15. The molecule has 3 aromatic rings. The summed E-state index contributed by atoms with van der Waals surface area (Å²) in [4.78, 5) is 27.3. The van der Waals surface area contributed by atoms with Gasteiger partial charge in [0.25, 0.3) is 5.91 Å². The lowest BCUT2D eigenvalue weighted by molar-refractivity contribution is -0.139. The molecule has 1 atom stereocenters. The minimum absolute atomic E-state index is 0.240. The van der Waals surface area contributed by atoms with Crippen LogP contribution in [0.3, 0.4) is 0 Å². The minimum atomic E-state index is -0.336. The number of carbonyl (C=O) groups is 2. The van der Waals surface area contributed by atoms with Crippen molar-refractivity contribution in [3.63, 3.8) is 0 Å². The van der Waals surface area contributed by atoms with E-state index in [1.165, 1.54) is 11.8 Å². The van der Waals surface area contributed by atoms with Crippen LogP contribution in [0.4, 0.5) is 5.69 Å². The van der Waals surface area contributed by atoms with E-state index in [0.29, 0.717) is 36.2 Å². The highest BCUT2D eigenvalue weighted by Gasteiger charge is 2.42. The van der Waals surface area contributed by atoms with Crippen LogP contribution in [0, 0.1) is 5.92 Å². The fraction of sp³-hybridized carbons (Fsp3) is 0.357. The number of nitrogens with one attached hydrogen (secondary N) is 1. The third-order valence-electron chi connectivity index (χ3n) is 7.16. The Kier molecular flexibility index (Phi) is 5.09. The zero-order chi connectivity index (χ0) is 24.3. The first-order chi connectivity index (χ1) is 16.9. The largest absolute Gasteiger partial charge is 0.486 e. The van der Waals surface area contributed by atoms with Gasteiger partial charge in [0.1, 0.15) is 13.2 Å². The van der Waals surface area contributed by atoms with Crippen LogP contribution in [0.15, 0.2) is 53.9 Å². The molecular weight excluding hydrogens is 442 g/mol. The van der Waals surface area contributed by atoms with Gasteiger partial charge < -0.3 is 19.4 Å². The van der Waals surface area contributed by atoms with E-state index in [0.717, 1.165) is 46.4 Å². The number of carbonyl (C=O) groups excluding carboxylic acids is 2. The minimum Gasteiger partial charge on any atom is -0.486 e. The van der Waals surface area contributed by atoms with E-state index >= 15 is 0 Å². The summed E-state index contributed by atoms with van der Waals surface area (Å²) in [5.41, 5.74) is 5.52. The maximum absolute atomic E-state index is 13.6. The summed E-state index contributed by atoms with van der Waals surface area (Å²) in [7, 11) is 0. The SMILES string of the molecule is CC(=O)N1CC2=C(C1=O)[C@H](c1ccc3c(c1)OCCO3)c1cn(CCC(C)C)c3cccc(c13)N2. The number of ether oxygens (including phenoxy) is 2. The highest BCUT2D eigenvalue weighted by Crippen LogP contribution is 2.48. The highest BCUT2D eigenvalue weighted by molar-refractivity contribution is 6.11. The molecule has 0 radical (unpaired) electrons. The first-order valence-electron chi connectivity index (χ1n) is 12.3. The first kappa shape index (κ1) is 21.8. The molecule has 0 bridgehead atoms. The van der Waals surface area contributed by atoms with Gasteiger partial charge in [-0.15, -0.1) is 0 Å². The number of anilines is 1. The Hall–Kier alpha value is -3.74. The average molecular weight is 472 g/mol. The van der Waals surface area contributed by atoms with Gasteiger partial charge >= 0.3 is 0 Å². The van der Waals surface area contributed by atoms with Crippen molar-refractivity contribution < 1.29 is 19.1 Å². The Labute approximate surface area is 204 Å². The van der Waals surface area contributed by atoms with Crippen LogP contribution in [-0.2, 0) is 16.1 Å². The smallest absolute Gasteiger partial charge is 0.259 e. The molecule has 180 valence electrons. The predicted molar refractivity (Wildman–Crippen MR) is 134 cm³/mol. The second-order valence-electron chi connectivity index (χ2n) is 9.92. The number of rotatable bonds is 4. The monoisotopic (exact) mass is 471 g/mol. The van der Waals surface area contributed by atoms with Gasteiger partial charge in [-0.25, -0.2) is 0 Å². The van der Waals surface area contributed by atoms with E-state index in [1.807, 2.05) is 24.3 Å². The molecule has 7 heteroatoms. The lowest BCUT2D eigenvalue weighted by Gasteiger charge is -2.23. The summed E-state index contributed by atoms with van der Waals surface area (Å²) >= 11 is 0. The molecule has 0 saturated carbocycles. The number of amides is 2. The maximum Gasteiger partial charge on any atom is 0.259 e. The maximum atomic E-state index is 13.6. The topological polar surface area (TPSA) is 72.8 Å². The number of aryl methyl sites for hydroxylation is 1. The normalized spacial score (nSPS) is 18.7. The van der Waals surface area contributed by atoms with Crippen LogP contribution in [0.25, 0.3) is 10.9 Å². The van der Waals surface area contributed by atoms with Crippen LogP contribution in [-0.4, -0.2) is 41.0 Å². The molecule has 0 fully saturated rings. The highest BCUT2D eigenvalue weighted by atomic mass is 16.6. The Morgan fingerprint density at radius 1 is 1.14 bits per heavy atom. The summed E-state index contributed by atoms with van der Waals surface area (Å²) < 4.78 is 13.9. The number of nitrogens with zero attached hydrogens (tertiary/aromatic N) is 2. The van der Waals surface area contributed by atoms with E-state index in [9.17, 15) is 9.59 Å². The van der Waals surface area contributed by atoms with Crippen molar-refractivity contribution in [2.24, 2.45) is 5.92 Å². The van der Waals surface area contributed by atoms with Crippen molar-refractivity contribution >= 4 is 28.4 Å². The fourth-order valence-corrected chi connectivity index (χ4v) is 5.44. The molecule has 4 heterocycles. The Balaban J connectivity index is 1.57. The number of hydrogen-bond acceptors (Lipinski definition) is 5. The molecule has 2 amide bonds. The number of hydrogen-bond donors (Lipinski definition) is 1. The van der Waals surface area contributed by atoms with E-state index in [2.05, 4.69) is 42.1 Å². The molecule has 1 N–H and O–H groups in total. The first-order valence-corrected chi connectivity index (χ1v) is 12.3. The number of imide groups is 1. The molecule has 35 heavy (non-hydrogen) atoms. The third kappa shape index (κ3) is 3.49. The van der Waals surface area contributed by atoms with Crippen LogP contribution < -0.4 is 14.8 Å². The molecular formula is C28H29N3O4. The number of benzene rings is 2. The van der Waals surface area contributed by atoms with Gasteiger partial charge in [0.05, 0.1) is 17.6 Å². The average Bonchev–Trinajstić information content (AvgIpc) is 3.32. The second-order valence-corrected chi connectivity index (χ2v) is 9.92. The molecule has 3 aliphatic rings. The quantitative estimate of drug-likeness (QED) is 0.599. The van der Waals surface area contributed by atoms with Gasteiger partial charge in [-0.1, -0.05) is 26.0 Å². The van der Waals surface area contributed by atoms with E-state index in [-0.39, 0.29) is 24.3 Å². The molecule has 2 aromatic carbocycles. The molecule has 0 saturated heterocycles. The summed E-state index contributed by atoms with van der Waals surface area (Å²) in [6, 6.07) is 12.2. The van der Waals surface area contributed by atoms with Gasteiger partial charge in [-0.3, -0.25) is 14.5 Å². The summed E-state index contributed by atoms with van der Waals surface area (Å²) in [5, 5.41) is 4.66. The molecule has 6 rings (SSSR count). The molecule has 1 aromatic heterocycles.